The van der Waals surface area contributed by atoms with E-state index >= 15 is 0 Å². The van der Waals surface area contributed by atoms with Gasteiger partial charge in [-0.3, -0.25) is 4.79 Å². The molecule has 1 unspecified atom stereocenters. The Kier molecular flexibility index (Phi) is 4.72. The minimum absolute atomic E-state index is 0.0188. The molecule has 0 radical (unpaired) electrons. The van der Waals surface area contributed by atoms with Crippen LogP contribution in [0.3, 0.4) is 0 Å². The highest BCUT2D eigenvalue weighted by atomic mass is 32.1. The third-order valence-electron chi connectivity index (χ3n) is 3.35. The molecule has 7 heteroatoms. The van der Waals surface area contributed by atoms with Crippen LogP contribution in [0.2, 0.25) is 0 Å². The first-order valence-corrected chi connectivity index (χ1v) is 8.05. The van der Waals surface area contributed by atoms with Crippen LogP contribution in [0.1, 0.15) is 17.3 Å². The molecule has 2 heterocycles. The molecule has 3 rings (SSSR count). The van der Waals surface area contributed by atoms with Gasteiger partial charge in [0.1, 0.15) is 11.3 Å². The zero-order valence-electron chi connectivity index (χ0n) is 12.5. The molecule has 0 spiro atoms. The van der Waals surface area contributed by atoms with Crippen LogP contribution in [-0.4, -0.2) is 22.0 Å². The number of carbonyl (C=O) groups is 2. The minimum Gasteiger partial charge on any atom is -0.479 e. The summed E-state index contributed by atoms with van der Waals surface area (Å²) in [5, 5.41) is 14.4. The Morgan fingerprint density at radius 2 is 2.04 bits per heavy atom. The van der Waals surface area contributed by atoms with Crippen LogP contribution in [0.5, 0.6) is 0 Å². The highest BCUT2D eigenvalue weighted by Crippen LogP contribution is 2.24. The Morgan fingerprint density at radius 3 is 2.71 bits per heavy atom. The molecule has 0 aliphatic heterocycles. The van der Waals surface area contributed by atoms with Gasteiger partial charge in [0, 0.05) is 10.9 Å². The lowest BCUT2D eigenvalue weighted by atomic mass is 10.1. The first kappa shape index (κ1) is 15.9. The van der Waals surface area contributed by atoms with E-state index in [1.165, 1.54) is 11.3 Å². The highest BCUT2D eigenvalue weighted by Gasteiger charge is 2.22. The lowest BCUT2D eigenvalue weighted by Crippen LogP contribution is -2.34. The van der Waals surface area contributed by atoms with Crippen molar-refractivity contribution in [1.82, 2.24) is 10.3 Å². The van der Waals surface area contributed by atoms with E-state index in [0.717, 1.165) is 10.6 Å². The third kappa shape index (κ3) is 3.69. The number of aromatic nitrogens is 1. The van der Waals surface area contributed by atoms with Gasteiger partial charge in [0.25, 0.3) is 0 Å². The van der Waals surface area contributed by atoms with E-state index in [-0.39, 0.29) is 6.42 Å². The smallest absolute Gasteiger partial charge is 0.330 e. The predicted molar refractivity (Wildman–Crippen MR) is 88.5 cm³/mol. The van der Waals surface area contributed by atoms with Gasteiger partial charge in [-0.15, -0.1) is 11.3 Å². The molecule has 24 heavy (non-hydrogen) atoms. The van der Waals surface area contributed by atoms with Crippen molar-refractivity contribution in [1.29, 1.82) is 0 Å². The van der Waals surface area contributed by atoms with E-state index in [4.69, 9.17) is 4.42 Å². The molecule has 6 nitrogen and oxygen atoms in total. The number of rotatable bonds is 6. The van der Waals surface area contributed by atoms with Gasteiger partial charge in [-0.2, -0.15) is 0 Å². The lowest BCUT2D eigenvalue weighted by molar-refractivity contribution is -0.142. The van der Waals surface area contributed by atoms with Crippen molar-refractivity contribution in [3.05, 3.63) is 65.6 Å². The van der Waals surface area contributed by atoms with Crippen LogP contribution < -0.4 is 5.32 Å². The number of hydrogen-bond donors (Lipinski definition) is 2. The van der Waals surface area contributed by atoms with Crippen molar-refractivity contribution in [3.63, 3.8) is 0 Å². The van der Waals surface area contributed by atoms with Gasteiger partial charge in [-0.25, -0.2) is 9.78 Å². The van der Waals surface area contributed by atoms with Gasteiger partial charge in [0.2, 0.25) is 5.91 Å². The number of nitrogens with one attached hydrogen (secondary N) is 1. The monoisotopic (exact) mass is 342 g/mol. The van der Waals surface area contributed by atoms with Crippen molar-refractivity contribution in [2.75, 3.05) is 0 Å². The van der Waals surface area contributed by atoms with Gasteiger partial charge in [-0.1, -0.05) is 30.3 Å². The Hall–Kier alpha value is -2.93. The van der Waals surface area contributed by atoms with Gasteiger partial charge in [-0.05, 0) is 11.6 Å². The van der Waals surface area contributed by atoms with Crippen molar-refractivity contribution >= 4 is 23.2 Å². The van der Waals surface area contributed by atoms with E-state index in [9.17, 15) is 14.7 Å². The van der Waals surface area contributed by atoms with Crippen LogP contribution in [0.25, 0.3) is 10.6 Å². The molecular formula is C17H14N2O4S. The number of thiazole rings is 1. The quantitative estimate of drug-likeness (QED) is 0.718. The summed E-state index contributed by atoms with van der Waals surface area (Å²) in [6.45, 7) is 0. The molecule has 1 aromatic carbocycles. The summed E-state index contributed by atoms with van der Waals surface area (Å²) in [4.78, 5) is 27.9. The Balaban J connectivity index is 1.67. The lowest BCUT2D eigenvalue weighted by Gasteiger charge is -2.14. The summed E-state index contributed by atoms with van der Waals surface area (Å²) >= 11 is 1.40. The maximum Gasteiger partial charge on any atom is 0.330 e. The maximum absolute atomic E-state index is 12.2. The number of carboxylic acid groups (broad SMARTS) is 1. The summed E-state index contributed by atoms with van der Waals surface area (Å²) in [5.41, 5.74) is 1.96. The van der Waals surface area contributed by atoms with Crippen LogP contribution in [-0.2, 0) is 16.0 Å². The van der Waals surface area contributed by atoms with E-state index in [0.29, 0.717) is 11.3 Å². The molecule has 122 valence electrons. The number of aliphatic carboxylic acids is 1. The van der Waals surface area contributed by atoms with E-state index in [2.05, 4.69) is 10.3 Å². The summed E-state index contributed by atoms with van der Waals surface area (Å²) < 4.78 is 5.01. The molecule has 0 saturated heterocycles. The average molecular weight is 342 g/mol. The first-order chi connectivity index (χ1) is 11.6. The zero-order chi connectivity index (χ0) is 16.9. The standard InChI is InChI=1S/C17H14N2O4S/c20-14(19-15(17(21)22)11-4-2-1-3-5-11)8-13-10-24-16(18-13)12-6-7-23-9-12/h1-7,9-10,15H,8H2,(H,19,20)(H,21,22). The SMILES string of the molecule is O=C(Cc1csc(-c2ccoc2)n1)NC(C(=O)O)c1ccccc1. The molecule has 2 N–H and O–H groups in total. The molecule has 0 bridgehead atoms. The number of hydrogen-bond acceptors (Lipinski definition) is 5. The number of nitrogens with zero attached hydrogens (tertiary/aromatic N) is 1. The van der Waals surface area contributed by atoms with Gasteiger partial charge < -0.3 is 14.8 Å². The van der Waals surface area contributed by atoms with Crippen LogP contribution in [0, 0.1) is 0 Å². The molecule has 0 saturated carbocycles. The minimum atomic E-state index is -1.10. The summed E-state index contributed by atoms with van der Waals surface area (Å²) in [5.74, 6) is -1.50. The summed E-state index contributed by atoms with van der Waals surface area (Å²) in [6.07, 6.45) is 3.16. The van der Waals surface area contributed by atoms with Crippen molar-refractivity contribution in [2.24, 2.45) is 0 Å². The second kappa shape index (κ2) is 7.10. The van der Waals surface area contributed by atoms with Crippen LogP contribution >= 0.6 is 11.3 Å². The highest BCUT2D eigenvalue weighted by molar-refractivity contribution is 7.13. The van der Waals surface area contributed by atoms with E-state index in [1.807, 2.05) is 0 Å². The third-order valence-corrected chi connectivity index (χ3v) is 4.29. The second-order valence-corrected chi connectivity index (χ2v) is 5.94. The Bertz CT molecular complexity index is 827. The molecule has 2 aromatic heterocycles. The van der Waals surface area contributed by atoms with Crippen molar-refractivity contribution in [3.8, 4) is 10.6 Å². The van der Waals surface area contributed by atoms with Crippen molar-refractivity contribution < 1.29 is 19.1 Å². The van der Waals surface area contributed by atoms with Crippen LogP contribution in [0.15, 0.2) is 58.7 Å². The average Bonchev–Trinajstić information content (AvgIpc) is 3.24. The molecule has 3 aromatic rings. The summed E-state index contributed by atoms with van der Waals surface area (Å²) in [7, 11) is 0. The molecule has 0 fully saturated rings. The maximum atomic E-state index is 12.2. The number of carbonyl (C=O) groups excluding carboxylic acids is 1. The fraction of sp³-hybridized carbons (Fsp3) is 0.118. The van der Waals surface area contributed by atoms with Gasteiger partial charge in [0.05, 0.1) is 18.4 Å². The first-order valence-electron chi connectivity index (χ1n) is 7.17. The molecule has 1 amide bonds. The van der Waals surface area contributed by atoms with Crippen LogP contribution in [0.4, 0.5) is 0 Å². The molecule has 0 aliphatic carbocycles. The molecule has 1 atom stereocenters. The normalized spacial score (nSPS) is 11.8. The largest absolute Gasteiger partial charge is 0.479 e. The van der Waals surface area contributed by atoms with E-state index in [1.54, 1.807) is 54.3 Å². The fourth-order valence-electron chi connectivity index (χ4n) is 2.22. The number of carboxylic acids is 1. The van der Waals surface area contributed by atoms with E-state index < -0.39 is 17.9 Å². The number of furan rings is 1. The molecule has 0 aliphatic rings. The Labute approximate surface area is 141 Å². The van der Waals surface area contributed by atoms with Gasteiger partial charge in [0.15, 0.2) is 6.04 Å². The fourth-order valence-corrected chi connectivity index (χ4v) is 3.02. The zero-order valence-corrected chi connectivity index (χ0v) is 13.3. The summed E-state index contributed by atoms with van der Waals surface area (Å²) in [6, 6.07) is 9.29. The molecular weight excluding hydrogens is 328 g/mol. The number of amides is 1. The second-order valence-electron chi connectivity index (χ2n) is 5.08. The van der Waals surface area contributed by atoms with Gasteiger partial charge >= 0.3 is 5.97 Å². The number of benzene rings is 1. The van der Waals surface area contributed by atoms with Crippen molar-refractivity contribution in [2.45, 2.75) is 12.5 Å². The Morgan fingerprint density at radius 1 is 1.25 bits per heavy atom. The predicted octanol–water partition coefficient (Wildman–Crippen LogP) is 2.89. The topological polar surface area (TPSA) is 92.4 Å².